The predicted octanol–water partition coefficient (Wildman–Crippen LogP) is 5.60. The van der Waals surface area contributed by atoms with E-state index in [-0.39, 0.29) is 0 Å². The first-order chi connectivity index (χ1) is 13.2. The zero-order chi connectivity index (χ0) is 18.6. The number of rotatable bonds is 5. The zero-order valence-electron chi connectivity index (χ0n) is 14.5. The highest BCUT2D eigenvalue weighted by Crippen LogP contribution is 2.24. The molecule has 0 aliphatic rings. The van der Waals surface area contributed by atoms with Crippen molar-refractivity contribution in [3.8, 4) is 0 Å². The van der Waals surface area contributed by atoms with Crippen LogP contribution in [0.15, 0.2) is 84.9 Å². The molecular weight excluding hydrogens is 372 g/mol. The molecule has 3 aromatic carbocycles. The van der Waals surface area contributed by atoms with E-state index in [9.17, 15) is 4.21 Å². The van der Waals surface area contributed by atoms with E-state index in [1.165, 1.54) is 0 Å². The van der Waals surface area contributed by atoms with Gasteiger partial charge in [0.15, 0.2) is 4.77 Å². The number of hydrogen-bond donors (Lipinski definition) is 1. The summed E-state index contributed by atoms with van der Waals surface area (Å²) < 4.78 is 15.8. The Labute approximate surface area is 165 Å². The second kappa shape index (κ2) is 7.86. The SMILES string of the molecule is O=S(Cc1ccccc1)/C(=C/n1c(=S)[nH]c2ccccc21)c1ccccc1. The molecule has 1 atom stereocenters. The van der Waals surface area contributed by atoms with Gasteiger partial charge < -0.3 is 4.98 Å². The van der Waals surface area contributed by atoms with Gasteiger partial charge in [0.1, 0.15) is 0 Å². The number of fused-ring (bicyclic) bond motifs is 1. The van der Waals surface area contributed by atoms with Crippen molar-refractivity contribution in [1.82, 2.24) is 9.55 Å². The maximum atomic E-state index is 13.3. The number of H-pyrrole nitrogens is 1. The smallest absolute Gasteiger partial charge is 0.182 e. The van der Waals surface area contributed by atoms with Gasteiger partial charge in [-0.15, -0.1) is 0 Å². The molecule has 1 aromatic heterocycles. The number of para-hydroxylation sites is 2. The van der Waals surface area contributed by atoms with E-state index in [0.29, 0.717) is 10.5 Å². The van der Waals surface area contributed by atoms with E-state index in [1.807, 2.05) is 95.7 Å². The molecule has 5 heteroatoms. The second-order valence-electron chi connectivity index (χ2n) is 6.15. The summed E-state index contributed by atoms with van der Waals surface area (Å²) in [6.07, 6.45) is 1.90. The lowest BCUT2D eigenvalue weighted by Gasteiger charge is -2.09. The van der Waals surface area contributed by atoms with Crippen LogP contribution in [0.4, 0.5) is 0 Å². The fraction of sp³-hybridized carbons (Fsp3) is 0.0455. The van der Waals surface area contributed by atoms with Crippen molar-refractivity contribution >= 4 is 45.2 Å². The van der Waals surface area contributed by atoms with Crippen LogP contribution >= 0.6 is 12.2 Å². The Hall–Kier alpha value is -2.76. The summed E-state index contributed by atoms with van der Waals surface area (Å²) in [6.45, 7) is 0. The van der Waals surface area contributed by atoms with Crippen molar-refractivity contribution in [2.45, 2.75) is 5.75 Å². The summed E-state index contributed by atoms with van der Waals surface area (Å²) in [5.41, 5.74) is 3.90. The van der Waals surface area contributed by atoms with Crippen molar-refractivity contribution in [2.75, 3.05) is 0 Å². The van der Waals surface area contributed by atoms with Gasteiger partial charge in [0.25, 0.3) is 0 Å². The Bertz CT molecular complexity index is 1180. The van der Waals surface area contributed by atoms with Crippen molar-refractivity contribution in [3.63, 3.8) is 0 Å². The third kappa shape index (κ3) is 3.84. The maximum Gasteiger partial charge on any atom is 0.182 e. The van der Waals surface area contributed by atoms with Gasteiger partial charge in [-0.25, -0.2) is 0 Å². The van der Waals surface area contributed by atoms with Gasteiger partial charge in [-0.1, -0.05) is 72.8 Å². The van der Waals surface area contributed by atoms with E-state index in [2.05, 4.69) is 4.98 Å². The van der Waals surface area contributed by atoms with Crippen LogP contribution in [0.3, 0.4) is 0 Å². The quantitative estimate of drug-likeness (QED) is 0.450. The molecule has 0 aliphatic carbocycles. The zero-order valence-corrected chi connectivity index (χ0v) is 16.2. The minimum atomic E-state index is -1.22. The van der Waals surface area contributed by atoms with Crippen LogP contribution in [0.25, 0.3) is 22.1 Å². The average Bonchev–Trinajstić information content (AvgIpc) is 3.02. The Morgan fingerprint density at radius 2 is 1.56 bits per heavy atom. The van der Waals surface area contributed by atoms with Crippen LogP contribution in [0, 0.1) is 4.77 Å². The molecule has 0 fully saturated rings. The summed E-state index contributed by atoms with van der Waals surface area (Å²) in [5.74, 6) is 0.456. The van der Waals surface area contributed by atoms with Crippen LogP contribution in [0.5, 0.6) is 0 Å². The average molecular weight is 391 g/mol. The number of imidazole rings is 1. The monoisotopic (exact) mass is 390 g/mol. The topological polar surface area (TPSA) is 37.8 Å². The first-order valence-corrected chi connectivity index (χ1v) is 10.3. The summed E-state index contributed by atoms with van der Waals surface area (Å²) in [7, 11) is -1.22. The second-order valence-corrected chi connectivity index (χ2v) is 7.96. The van der Waals surface area contributed by atoms with Crippen molar-refractivity contribution < 1.29 is 4.21 Å². The molecule has 0 amide bonds. The normalized spacial score (nSPS) is 13.0. The first kappa shape index (κ1) is 17.6. The summed E-state index contributed by atoms with van der Waals surface area (Å²) in [4.78, 5) is 3.96. The lowest BCUT2D eigenvalue weighted by atomic mass is 10.2. The lowest BCUT2D eigenvalue weighted by Crippen LogP contribution is -2.01. The van der Waals surface area contributed by atoms with Crippen LogP contribution in [0.2, 0.25) is 0 Å². The molecule has 4 rings (SSSR count). The van der Waals surface area contributed by atoms with E-state index in [1.54, 1.807) is 0 Å². The van der Waals surface area contributed by atoms with Gasteiger partial charge in [-0.2, -0.15) is 0 Å². The predicted molar refractivity (Wildman–Crippen MR) is 116 cm³/mol. The van der Waals surface area contributed by atoms with Gasteiger partial charge in [0.05, 0.1) is 32.5 Å². The van der Waals surface area contributed by atoms with E-state index in [0.717, 1.165) is 27.1 Å². The number of aromatic nitrogens is 2. The summed E-state index contributed by atoms with van der Waals surface area (Å²) >= 11 is 5.50. The largest absolute Gasteiger partial charge is 0.330 e. The Morgan fingerprint density at radius 3 is 2.30 bits per heavy atom. The number of nitrogens with one attached hydrogen (secondary N) is 1. The molecule has 1 N–H and O–H groups in total. The number of aromatic amines is 1. The van der Waals surface area contributed by atoms with Crippen molar-refractivity contribution in [1.29, 1.82) is 0 Å². The molecule has 0 radical (unpaired) electrons. The molecule has 0 spiro atoms. The summed E-state index contributed by atoms with van der Waals surface area (Å²) in [5, 5.41) is 0. The highest BCUT2D eigenvalue weighted by atomic mass is 32.2. The number of benzene rings is 3. The molecule has 0 saturated heterocycles. The molecular formula is C22H18N2OS2. The maximum absolute atomic E-state index is 13.3. The van der Waals surface area contributed by atoms with Gasteiger partial charge in [0, 0.05) is 6.20 Å². The van der Waals surface area contributed by atoms with E-state index >= 15 is 0 Å². The van der Waals surface area contributed by atoms with Gasteiger partial charge >= 0.3 is 0 Å². The third-order valence-corrected chi connectivity index (χ3v) is 6.04. The lowest BCUT2D eigenvalue weighted by molar-refractivity contribution is 0.688. The first-order valence-electron chi connectivity index (χ1n) is 8.61. The molecule has 0 bridgehead atoms. The highest BCUT2D eigenvalue weighted by molar-refractivity contribution is 7.94. The number of hydrogen-bond acceptors (Lipinski definition) is 2. The third-order valence-electron chi connectivity index (χ3n) is 4.31. The Balaban J connectivity index is 1.83. The Morgan fingerprint density at radius 1 is 0.926 bits per heavy atom. The van der Waals surface area contributed by atoms with Gasteiger partial charge in [0.2, 0.25) is 0 Å². The van der Waals surface area contributed by atoms with Crippen LogP contribution in [-0.2, 0) is 16.6 Å². The molecule has 1 unspecified atom stereocenters. The van der Waals surface area contributed by atoms with E-state index in [4.69, 9.17) is 12.2 Å². The Kier molecular flexibility index (Phi) is 5.14. The van der Waals surface area contributed by atoms with Crippen molar-refractivity contribution in [3.05, 3.63) is 101 Å². The minimum Gasteiger partial charge on any atom is -0.330 e. The van der Waals surface area contributed by atoms with E-state index < -0.39 is 10.8 Å². The molecule has 27 heavy (non-hydrogen) atoms. The molecule has 134 valence electrons. The van der Waals surface area contributed by atoms with Crippen LogP contribution < -0.4 is 0 Å². The van der Waals surface area contributed by atoms with Gasteiger partial charge in [-0.3, -0.25) is 8.78 Å². The van der Waals surface area contributed by atoms with Crippen LogP contribution in [0.1, 0.15) is 11.1 Å². The molecule has 1 heterocycles. The number of nitrogens with zero attached hydrogens (tertiary/aromatic N) is 1. The standard InChI is InChI=1S/C22H18N2OS2/c25-27(16-17-9-3-1-4-10-17)21(18-11-5-2-6-12-18)15-24-20-14-8-7-13-19(20)23-22(24)26/h1-15H,16H2,(H,23,26)/b21-15+. The fourth-order valence-corrected chi connectivity index (χ4v) is 4.52. The summed E-state index contributed by atoms with van der Waals surface area (Å²) in [6, 6.07) is 27.6. The molecule has 0 aliphatic heterocycles. The molecule has 3 nitrogen and oxygen atoms in total. The fourth-order valence-electron chi connectivity index (χ4n) is 2.99. The molecule has 4 aromatic rings. The van der Waals surface area contributed by atoms with Crippen LogP contribution in [-0.4, -0.2) is 13.8 Å². The minimum absolute atomic E-state index is 0.456. The highest BCUT2D eigenvalue weighted by Gasteiger charge is 2.13. The van der Waals surface area contributed by atoms with Gasteiger partial charge in [-0.05, 0) is 35.5 Å². The van der Waals surface area contributed by atoms with Crippen molar-refractivity contribution in [2.24, 2.45) is 0 Å². The molecule has 0 saturated carbocycles.